The predicted molar refractivity (Wildman–Crippen MR) is 76.3 cm³/mol. The van der Waals surface area contributed by atoms with E-state index in [0.29, 0.717) is 6.61 Å². The Morgan fingerprint density at radius 3 is 2.59 bits per heavy atom. The van der Waals surface area contributed by atoms with Crippen molar-refractivity contribution in [1.82, 2.24) is 0 Å². The number of ether oxygens (including phenoxy) is 5. The zero-order valence-corrected chi connectivity index (χ0v) is 12.9. The molecule has 3 rings (SSSR count). The number of hydrogen-bond donors (Lipinski definition) is 0. The van der Waals surface area contributed by atoms with E-state index >= 15 is 0 Å². The first-order chi connectivity index (χ1) is 10.5. The summed E-state index contributed by atoms with van der Waals surface area (Å²) in [5.74, 6) is 0.0540. The lowest BCUT2D eigenvalue weighted by Crippen LogP contribution is -2.37. The van der Waals surface area contributed by atoms with Gasteiger partial charge in [0.15, 0.2) is 18.4 Å². The van der Waals surface area contributed by atoms with E-state index in [-0.39, 0.29) is 0 Å². The van der Waals surface area contributed by atoms with E-state index in [9.17, 15) is 4.79 Å². The van der Waals surface area contributed by atoms with Crippen LogP contribution in [0.25, 0.3) is 0 Å². The molecule has 0 bridgehead atoms. The fourth-order valence-corrected chi connectivity index (χ4v) is 2.72. The summed E-state index contributed by atoms with van der Waals surface area (Å²) in [6.45, 7) is 3.98. The first-order valence-electron chi connectivity index (χ1n) is 7.23. The lowest BCUT2D eigenvalue weighted by atomic mass is 10.1. The third-order valence-corrected chi connectivity index (χ3v) is 3.76. The minimum atomic E-state index is -0.731. The van der Waals surface area contributed by atoms with Crippen molar-refractivity contribution >= 4 is 6.29 Å². The van der Waals surface area contributed by atoms with E-state index in [1.807, 2.05) is 38.1 Å². The van der Waals surface area contributed by atoms with Crippen molar-refractivity contribution in [2.45, 2.75) is 50.8 Å². The highest BCUT2D eigenvalue weighted by molar-refractivity contribution is 5.58. The predicted octanol–water partition coefficient (Wildman–Crippen LogP) is 1.66. The standard InChI is InChI=1S/C16H20O6/c1-16(2)21-14-13(12(8-17)20-15(14)22-16)19-9-10-4-6-11(18-3)7-5-10/h4-8,12-15H,9H2,1-3H3/t12-,13?,14?,15-/m1/s1. The van der Waals surface area contributed by atoms with Gasteiger partial charge in [0.1, 0.15) is 24.1 Å². The van der Waals surface area contributed by atoms with Crippen LogP contribution >= 0.6 is 0 Å². The van der Waals surface area contributed by atoms with Crippen LogP contribution < -0.4 is 4.74 Å². The molecule has 2 saturated heterocycles. The van der Waals surface area contributed by atoms with Gasteiger partial charge in [-0.05, 0) is 31.5 Å². The van der Waals surface area contributed by atoms with Crippen LogP contribution in [0.1, 0.15) is 19.4 Å². The molecular weight excluding hydrogens is 288 g/mol. The van der Waals surface area contributed by atoms with Crippen molar-refractivity contribution in [2.75, 3.05) is 7.11 Å². The number of hydrogen-bond acceptors (Lipinski definition) is 6. The fourth-order valence-electron chi connectivity index (χ4n) is 2.72. The van der Waals surface area contributed by atoms with Crippen LogP contribution in [0.5, 0.6) is 5.75 Å². The van der Waals surface area contributed by atoms with Crippen molar-refractivity contribution < 1.29 is 28.5 Å². The van der Waals surface area contributed by atoms with Crippen LogP contribution in [-0.2, 0) is 30.3 Å². The molecule has 0 radical (unpaired) electrons. The van der Waals surface area contributed by atoms with Crippen LogP contribution in [-0.4, -0.2) is 43.8 Å². The van der Waals surface area contributed by atoms with Gasteiger partial charge in [0.2, 0.25) is 0 Å². The van der Waals surface area contributed by atoms with E-state index in [1.165, 1.54) is 0 Å². The summed E-state index contributed by atoms with van der Waals surface area (Å²) in [5.41, 5.74) is 0.979. The number of methoxy groups -OCH3 is 1. The van der Waals surface area contributed by atoms with E-state index in [2.05, 4.69) is 0 Å². The van der Waals surface area contributed by atoms with Gasteiger partial charge in [0.05, 0.1) is 13.7 Å². The highest BCUT2D eigenvalue weighted by Crippen LogP contribution is 2.38. The second kappa shape index (κ2) is 5.96. The Balaban J connectivity index is 1.65. The minimum absolute atomic E-state index is 0.357. The Morgan fingerprint density at radius 2 is 1.95 bits per heavy atom. The molecular formula is C16H20O6. The molecule has 6 heteroatoms. The molecule has 0 N–H and O–H groups in total. The monoisotopic (exact) mass is 308 g/mol. The van der Waals surface area contributed by atoms with Gasteiger partial charge in [-0.15, -0.1) is 0 Å². The lowest BCUT2D eigenvalue weighted by molar-refractivity contribution is -0.216. The summed E-state index contributed by atoms with van der Waals surface area (Å²) in [6, 6.07) is 7.56. The third kappa shape index (κ3) is 3.01. The molecule has 2 fully saturated rings. The molecule has 0 saturated carbocycles. The Bertz CT molecular complexity index is 526. The molecule has 0 aliphatic carbocycles. The molecule has 0 amide bonds. The van der Waals surface area contributed by atoms with E-state index in [1.54, 1.807) is 7.11 Å². The molecule has 2 unspecified atom stereocenters. The largest absolute Gasteiger partial charge is 0.497 e. The van der Waals surface area contributed by atoms with E-state index in [0.717, 1.165) is 17.6 Å². The van der Waals surface area contributed by atoms with Crippen LogP contribution in [0.15, 0.2) is 24.3 Å². The van der Waals surface area contributed by atoms with Crippen molar-refractivity contribution in [3.63, 3.8) is 0 Å². The molecule has 0 aromatic heterocycles. The zero-order chi connectivity index (χ0) is 15.7. The molecule has 4 atom stereocenters. The maximum atomic E-state index is 11.2. The molecule has 2 heterocycles. The van der Waals surface area contributed by atoms with Gasteiger partial charge in [-0.3, -0.25) is 0 Å². The average Bonchev–Trinajstić information content (AvgIpc) is 2.97. The summed E-state index contributed by atoms with van der Waals surface area (Å²) in [5, 5.41) is 0. The zero-order valence-electron chi connectivity index (χ0n) is 12.9. The van der Waals surface area contributed by atoms with Crippen LogP contribution in [0.2, 0.25) is 0 Å². The van der Waals surface area contributed by atoms with Gasteiger partial charge in [-0.1, -0.05) is 12.1 Å². The molecule has 2 aliphatic rings. The number of fused-ring (bicyclic) bond motifs is 1. The Morgan fingerprint density at radius 1 is 1.23 bits per heavy atom. The minimum Gasteiger partial charge on any atom is -0.497 e. The molecule has 1 aromatic rings. The normalized spacial score (nSPS) is 32.7. The highest BCUT2D eigenvalue weighted by Gasteiger charge is 2.55. The smallest absolute Gasteiger partial charge is 0.190 e. The summed E-state index contributed by atoms with van der Waals surface area (Å²) in [4.78, 5) is 11.2. The fraction of sp³-hybridized carbons (Fsp3) is 0.562. The molecule has 0 spiro atoms. The first-order valence-corrected chi connectivity index (χ1v) is 7.23. The van der Waals surface area contributed by atoms with Crippen molar-refractivity contribution in [2.24, 2.45) is 0 Å². The maximum absolute atomic E-state index is 11.2. The Labute approximate surface area is 129 Å². The molecule has 22 heavy (non-hydrogen) atoms. The highest BCUT2D eigenvalue weighted by atomic mass is 16.8. The van der Waals surface area contributed by atoms with E-state index < -0.39 is 30.4 Å². The van der Waals surface area contributed by atoms with Gasteiger partial charge in [0.25, 0.3) is 0 Å². The Kier molecular flexibility index (Phi) is 4.18. The maximum Gasteiger partial charge on any atom is 0.190 e. The van der Waals surface area contributed by atoms with Gasteiger partial charge < -0.3 is 28.5 Å². The van der Waals surface area contributed by atoms with Crippen molar-refractivity contribution in [1.29, 1.82) is 0 Å². The number of aldehydes is 1. The number of rotatable bonds is 5. The summed E-state index contributed by atoms with van der Waals surface area (Å²) < 4.78 is 27.9. The van der Waals surface area contributed by atoms with Gasteiger partial charge in [-0.25, -0.2) is 0 Å². The van der Waals surface area contributed by atoms with E-state index in [4.69, 9.17) is 23.7 Å². The topological polar surface area (TPSA) is 63.2 Å². The third-order valence-electron chi connectivity index (χ3n) is 3.76. The average molecular weight is 308 g/mol. The lowest BCUT2D eigenvalue weighted by Gasteiger charge is -2.23. The van der Waals surface area contributed by atoms with Gasteiger partial charge in [-0.2, -0.15) is 0 Å². The second-order valence-electron chi connectivity index (χ2n) is 5.83. The molecule has 2 aliphatic heterocycles. The van der Waals surface area contributed by atoms with Crippen molar-refractivity contribution in [3.8, 4) is 5.75 Å². The molecule has 1 aromatic carbocycles. The SMILES string of the molecule is COc1ccc(COC2C3OC(C)(C)O[C@H]3O[C@@H]2C=O)cc1. The second-order valence-corrected chi connectivity index (χ2v) is 5.83. The van der Waals surface area contributed by atoms with Crippen molar-refractivity contribution in [3.05, 3.63) is 29.8 Å². The summed E-state index contributed by atoms with van der Waals surface area (Å²) in [6.07, 6.45) is -1.39. The Hall–Kier alpha value is -1.47. The number of carbonyl (C=O) groups is 1. The molecule has 120 valence electrons. The quantitative estimate of drug-likeness (QED) is 0.771. The summed E-state index contributed by atoms with van der Waals surface area (Å²) >= 11 is 0. The molecule has 6 nitrogen and oxygen atoms in total. The summed E-state index contributed by atoms with van der Waals surface area (Å²) in [7, 11) is 1.62. The number of carbonyl (C=O) groups excluding carboxylic acids is 1. The van der Waals surface area contributed by atoms with Crippen LogP contribution in [0, 0.1) is 0 Å². The van der Waals surface area contributed by atoms with Gasteiger partial charge in [0, 0.05) is 0 Å². The van der Waals surface area contributed by atoms with Crippen LogP contribution in [0.3, 0.4) is 0 Å². The van der Waals surface area contributed by atoms with Gasteiger partial charge >= 0.3 is 0 Å². The van der Waals surface area contributed by atoms with Crippen LogP contribution in [0.4, 0.5) is 0 Å². The first kappa shape index (κ1) is 15.4. The number of benzene rings is 1.